The maximum atomic E-state index is 11.5. The van der Waals surface area contributed by atoms with Crippen molar-refractivity contribution in [3.63, 3.8) is 0 Å². The van der Waals surface area contributed by atoms with Crippen LogP contribution in [0.3, 0.4) is 0 Å². The Kier molecular flexibility index (Phi) is 2.06. The van der Waals surface area contributed by atoms with Gasteiger partial charge in [0, 0.05) is 12.1 Å². The van der Waals surface area contributed by atoms with Crippen molar-refractivity contribution in [3.05, 3.63) is 0 Å². The first kappa shape index (κ1) is 9.00. The van der Waals surface area contributed by atoms with Crippen LogP contribution >= 0.6 is 0 Å². The summed E-state index contributed by atoms with van der Waals surface area (Å²) in [7, 11) is 0. The fourth-order valence-corrected chi connectivity index (χ4v) is 2.52. The summed E-state index contributed by atoms with van der Waals surface area (Å²) in [4.78, 5) is 13.4. The predicted octanol–water partition coefficient (Wildman–Crippen LogP) is 0.879. The summed E-state index contributed by atoms with van der Waals surface area (Å²) >= 11 is 0. The number of carbonyl (C=O) groups is 1. The van der Waals surface area contributed by atoms with Crippen LogP contribution in [0, 0.1) is 0 Å². The number of rotatable bonds is 1. The van der Waals surface area contributed by atoms with Crippen molar-refractivity contribution < 1.29 is 4.79 Å². The molecule has 2 rings (SSSR count). The molecule has 0 aromatic heterocycles. The van der Waals surface area contributed by atoms with E-state index in [1.807, 2.05) is 4.90 Å². The van der Waals surface area contributed by atoms with Gasteiger partial charge in [-0.25, -0.2) is 0 Å². The van der Waals surface area contributed by atoms with Crippen molar-refractivity contribution in [2.45, 2.75) is 50.6 Å². The molecule has 74 valence electrons. The van der Waals surface area contributed by atoms with Gasteiger partial charge in [0.1, 0.15) is 6.04 Å². The molecule has 1 saturated carbocycles. The molecule has 1 amide bonds. The monoisotopic (exact) mass is 182 g/mol. The van der Waals surface area contributed by atoms with E-state index in [-0.39, 0.29) is 17.5 Å². The first-order valence-electron chi connectivity index (χ1n) is 5.20. The normalized spacial score (nSPS) is 32.9. The molecule has 1 aliphatic carbocycles. The zero-order valence-electron chi connectivity index (χ0n) is 8.25. The first-order valence-corrected chi connectivity index (χ1v) is 5.20. The van der Waals surface area contributed by atoms with E-state index >= 15 is 0 Å². The van der Waals surface area contributed by atoms with Gasteiger partial charge in [-0.2, -0.15) is 0 Å². The molecule has 13 heavy (non-hydrogen) atoms. The lowest BCUT2D eigenvalue weighted by Crippen LogP contribution is -2.68. The lowest BCUT2D eigenvalue weighted by molar-refractivity contribution is -0.152. The predicted molar refractivity (Wildman–Crippen MR) is 51.2 cm³/mol. The van der Waals surface area contributed by atoms with Gasteiger partial charge in [0.2, 0.25) is 5.91 Å². The molecule has 1 unspecified atom stereocenters. The van der Waals surface area contributed by atoms with Crippen LogP contribution in [-0.2, 0) is 4.79 Å². The van der Waals surface area contributed by atoms with Gasteiger partial charge in [-0.15, -0.1) is 0 Å². The topological polar surface area (TPSA) is 46.3 Å². The Morgan fingerprint density at radius 1 is 1.38 bits per heavy atom. The number of likely N-dealkylation sites (tertiary alicyclic amines) is 1. The zero-order valence-corrected chi connectivity index (χ0v) is 8.25. The van der Waals surface area contributed by atoms with Gasteiger partial charge in [0.15, 0.2) is 0 Å². The van der Waals surface area contributed by atoms with E-state index in [1.165, 1.54) is 19.3 Å². The Labute approximate surface area is 79.3 Å². The molecule has 0 aromatic carbocycles. The molecule has 0 bridgehead atoms. The molecule has 2 N–H and O–H groups in total. The van der Waals surface area contributed by atoms with E-state index in [2.05, 4.69) is 6.92 Å². The Bertz CT molecular complexity index is 221. The molecule has 1 saturated heterocycles. The van der Waals surface area contributed by atoms with E-state index < -0.39 is 0 Å². The molecule has 3 nitrogen and oxygen atoms in total. The number of amides is 1. The average molecular weight is 182 g/mol. The number of hydrogen-bond acceptors (Lipinski definition) is 2. The lowest BCUT2D eigenvalue weighted by Gasteiger charge is -2.51. The fraction of sp³-hybridized carbons (Fsp3) is 0.900. The molecule has 1 aliphatic heterocycles. The third-order valence-electron chi connectivity index (χ3n) is 3.54. The molecular weight excluding hydrogens is 164 g/mol. The summed E-state index contributed by atoms with van der Waals surface area (Å²) in [5.74, 6) is 0.157. The van der Waals surface area contributed by atoms with Crippen molar-refractivity contribution in [1.29, 1.82) is 0 Å². The zero-order chi connectivity index (χ0) is 9.47. The van der Waals surface area contributed by atoms with E-state index in [9.17, 15) is 4.79 Å². The molecule has 2 aliphatic rings. The highest BCUT2D eigenvalue weighted by atomic mass is 16.2. The van der Waals surface area contributed by atoms with Crippen LogP contribution in [0.1, 0.15) is 39.0 Å². The Morgan fingerprint density at radius 3 is 2.46 bits per heavy atom. The molecule has 2 fully saturated rings. The number of β-lactam (4-membered cyclic amide) rings is 1. The third kappa shape index (κ3) is 1.35. The Balaban J connectivity index is 2.02. The number of hydrogen-bond donors (Lipinski definition) is 1. The van der Waals surface area contributed by atoms with Gasteiger partial charge in [0.05, 0.1) is 0 Å². The second-order valence-corrected chi connectivity index (χ2v) is 4.61. The van der Waals surface area contributed by atoms with E-state index in [1.54, 1.807) is 0 Å². The smallest absolute Gasteiger partial charge is 0.241 e. The SMILES string of the molecule is CC1(N2CC(N)C2=O)CCCCC1. The van der Waals surface area contributed by atoms with Crippen LogP contribution in [0.4, 0.5) is 0 Å². The third-order valence-corrected chi connectivity index (χ3v) is 3.54. The minimum atomic E-state index is -0.209. The van der Waals surface area contributed by atoms with Gasteiger partial charge < -0.3 is 10.6 Å². The van der Waals surface area contributed by atoms with Crippen LogP contribution in [0.2, 0.25) is 0 Å². The standard InChI is InChI=1S/C10H18N2O/c1-10(5-3-2-4-6-10)12-7-8(11)9(12)13/h8H,2-7,11H2,1H3. The molecule has 0 aromatic rings. The molecule has 1 heterocycles. The van der Waals surface area contributed by atoms with E-state index in [0.717, 1.165) is 19.4 Å². The van der Waals surface area contributed by atoms with Crippen molar-refractivity contribution >= 4 is 5.91 Å². The second kappa shape index (κ2) is 2.98. The van der Waals surface area contributed by atoms with Gasteiger partial charge in [-0.05, 0) is 19.8 Å². The lowest BCUT2D eigenvalue weighted by atomic mass is 9.79. The molecule has 1 atom stereocenters. The highest BCUT2D eigenvalue weighted by molar-refractivity contribution is 5.88. The highest BCUT2D eigenvalue weighted by Crippen LogP contribution is 2.36. The largest absolute Gasteiger partial charge is 0.334 e. The van der Waals surface area contributed by atoms with Crippen molar-refractivity contribution in [2.75, 3.05) is 6.54 Å². The van der Waals surface area contributed by atoms with Crippen LogP contribution in [0.15, 0.2) is 0 Å². The van der Waals surface area contributed by atoms with Gasteiger partial charge in [0.25, 0.3) is 0 Å². The fourth-order valence-electron chi connectivity index (χ4n) is 2.52. The molecule has 0 radical (unpaired) electrons. The maximum absolute atomic E-state index is 11.5. The summed E-state index contributed by atoms with van der Waals surface area (Å²) in [6.07, 6.45) is 6.16. The van der Waals surface area contributed by atoms with E-state index in [0.29, 0.717) is 0 Å². The van der Waals surface area contributed by atoms with E-state index in [4.69, 9.17) is 5.73 Å². The summed E-state index contributed by atoms with van der Waals surface area (Å²) in [6.45, 7) is 2.98. The van der Waals surface area contributed by atoms with Crippen LogP contribution in [0.5, 0.6) is 0 Å². The summed E-state index contributed by atoms with van der Waals surface area (Å²) < 4.78 is 0. The van der Waals surface area contributed by atoms with Gasteiger partial charge in [-0.3, -0.25) is 4.79 Å². The molecular formula is C10H18N2O. The summed E-state index contributed by atoms with van der Waals surface area (Å²) in [5.41, 5.74) is 5.72. The molecule has 3 heteroatoms. The minimum absolute atomic E-state index is 0.130. The van der Waals surface area contributed by atoms with Crippen molar-refractivity contribution in [1.82, 2.24) is 4.90 Å². The van der Waals surface area contributed by atoms with Gasteiger partial charge in [-0.1, -0.05) is 19.3 Å². The van der Waals surface area contributed by atoms with Crippen LogP contribution in [-0.4, -0.2) is 28.9 Å². The average Bonchev–Trinajstić information content (AvgIpc) is 2.14. The summed E-state index contributed by atoms with van der Waals surface area (Å²) in [6, 6.07) is -0.209. The number of nitrogens with zero attached hydrogens (tertiary/aromatic N) is 1. The van der Waals surface area contributed by atoms with Crippen LogP contribution < -0.4 is 5.73 Å². The molecule has 0 spiro atoms. The first-order chi connectivity index (χ1) is 6.13. The second-order valence-electron chi connectivity index (χ2n) is 4.61. The van der Waals surface area contributed by atoms with Crippen molar-refractivity contribution in [2.24, 2.45) is 5.73 Å². The number of nitrogens with two attached hydrogens (primary N) is 1. The highest BCUT2D eigenvalue weighted by Gasteiger charge is 2.45. The van der Waals surface area contributed by atoms with Gasteiger partial charge >= 0.3 is 0 Å². The number of carbonyl (C=O) groups excluding carboxylic acids is 1. The Hall–Kier alpha value is -0.570. The van der Waals surface area contributed by atoms with Crippen molar-refractivity contribution in [3.8, 4) is 0 Å². The summed E-state index contributed by atoms with van der Waals surface area (Å²) in [5, 5.41) is 0. The quantitative estimate of drug-likeness (QED) is 0.612. The Morgan fingerprint density at radius 2 is 2.00 bits per heavy atom. The maximum Gasteiger partial charge on any atom is 0.241 e. The van der Waals surface area contributed by atoms with Crippen LogP contribution in [0.25, 0.3) is 0 Å². The minimum Gasteiger partial charge on any atom is -0.334 e.